The Kier molecular flexibility index (Phi) is 3.45. The van der Waals surface area contributed by atoms with Crippen LogP contribution in [-0.4, -0.2) is 35.6 Å². The molecule has 1 rings (SSSR count). The van der Waals surface area contributed by atoms with Crippen molar-refractivity contribution < 1.29 is 27.6 Å². The van der Waals surface area contributed by atoms with Crippen molar-refractivity contribution in [3.63, 3.8) is 0 Å². The van der Waals surface area contributed by atoms with Gasteiger partial charge in [0, 0.05) is 0 Å². The van der Waals surface area contributed by atoms with Gasteiger partial charge >= 0.3 is 5.97 Å². The Bertz CT molecular complexity index is 509. The van der Waals surface area contributed by atoms with Crippen molar-refractivity contribution in [2.24, 2.45) is 0 Å². The van der Waals surface area contributed by atoms with E-state index in [0.717, 1.165) is 12.3 Å². The third kappa shape index (κ3) is 2.67. The predicted octanol–water partition coefficient (Wildman–Crippen LogP) is 0.425. The molecule has 0 saturated carbocycles. The summed E-state index contributed by atoms with van der Waals surface area (Å²) in [6.45, 7) is 1.82. The molecule has 1 aromatic rings. The van der Waals surface area contributed by atoms with Crippen LogP contribution in [0.15, 0.2) is 17.2 Å². The van der Waals surface area contributed by atoms with Crippen LogP contribution >= 0.6 is 0 Å². The second-order valence-electron chi connectivity index (χ2n) is 2.74. The molecule has 0 radical (unpaired) electrons. The van der Waals surface area contributed by atoms with Crippen molar-refractivity contribution in [1.29, 1.82) is 0 Å². The van der Waals surface area contributed by atoms with Gasteiger partial charge in [0.15, 0.2) is 0 Å². The van der Waals surface area contributed by atoms with Gasteiger partial charge in [-0.2, -0.15) is 8.42 Å². The van der Waals surface area contributed by atoms with E-state index in [2.05, 4.69) is 4.98 Å². The number of rotatable bonds is 4. The topological polar surface area (TPSA) is 114 Å². The molecule has 0 unspecified atom stereocenters. The van der Waals surface area contributed by atoms with E-state index in [0.29, 0.717) is 0 Å². The molecule has 0 saturated heterocycles. The van der Waals surface area contributed by atoms with Crippen LogP contribution in [0, 0.1) is 0 Å². The van der Waals surface area contributed by atoms with Gasteiger partial charge in [-0.1, -0.05) is 0 Å². The van der Waals surface area contributed by atoms with Gasteiger partial charge in [-0.25, -0.2) is 9.78 Å². The second kappa shape index (κ2) is 4.45. The summed E-state index contributed by atoms with van der Waals surface area (Å²) in [6, 6.07) is 0.787. The molecule has 0 aliphatic carbocycles. The number of aromatic carboxylic acids is 1. The summed E-state index contributed by atoms with van der Waals surface area (Å²) in [5, 5.41) is 8.79. The van der Waals surface area contributed by atoms with E-state index in [9.17, 15) is 13.2 Å². The summed E-state index contributed by atoms with van der Waals surface area (Å²) >= 11 is 0. The largest absolute Gasteiger partial charge is 0.477 e. The minimum absolute atomic E-state index is 0.192. The van der Waals surface area contributed by atoms with E-state index < -0.39 is 26.5 Å². The molecule has 0 bridgehead atoms. The molecule has 0 fully saturated rings. The van der Waals surface area contributed by atoms with Gasteiger partial charge in [-0.3, -0.25) is 4.55 Å². The minimum atomic E-state index is -4.47. The number of hydrogen-bond acceptors (Lipinski definition) is 5. The zero-order valence-electron chi connectivity index (χ0n) is 8.24. The number of carbonyl (C=O) groups is 1. The number of carboxylic acids is 1. The maximum Gasteiger partial charge on any atom is 0.341 e. The van der Waals surface area contributed by atoms with E-state index in [1.807, 2.05) is 0 Å². The predicted molar refractivity (Wildman–Crippen MR) is 52.2 cm³/mol. The second-order valence-corrected chi connectivity index (χ2v) is 4.16. The zero-order valence-corrected chi connectivity index (χ0v) is 9.06. The fourth-order valence-corrected chi connectivity index (χ4v) is 1.43. The normalized spacial score (nSPS) is 11.1. The highest BCUT2D eigenvalue weighted by Gasteiger charge is 2.18. The number of aromatic nitrogens is 1. The lowest BCUT2D eigenvalue weighted by atomic mass is 10.3. The van der Waals surface area contributed by atoms with Crippen LogP contribution in [-0.2, 0) is 10.1 Å². The summed E-state index contributed by atoms with van der Waals surface area (Å²) in [5.41, 5.74) is -0.419. The Morgan fingerprint density at radius 3 is 2.62 bits per heavy atom. The third-order valence-electron chi connectivity index (χ3n) is 1.64. The highest BCUT2D eigenvalue weighted by molar-refractivity contribution is 7.85. The summed E-state index contributed by atoms with van der Waals surface area (Å²) in [5.74, 6) is -1.58. The lowest BCUT2D eigenvalue weighted by molar-refractivity contribution is 0.0691. The van der Waals surface area contributed by atoms with Crippen LogP contribution in [0.3, 0.4) is 0 Å². The van der Waals surface area contributed by atoms with Gasteiger partial charge in [0.05, 0.1) is 12.8 Å². The fourth-order valence-electron chi connectivity index (χ4n) is 0.979. The molecule has 1 aromatic heterocycles. The van der Waals surface area contributed by atoms with Gasteiger partial charge in [-0.05, 0) is 13.0 Å². The molecule has 0 aliphatic rings. The first-order chi connectivity index (χ1) is 7.36. The lowest BCUT2D eigenvalue weighted by Crippen LogP contribution is -2.08. The smallest absolute Gasteiger partial charge is 0.341 e. The summed E-state index contributed by atoms with van der Waals surface area (Å²) in [7, 11) is -4.47. The first-order valence-corrected chi connectivity index (χ1v) is 5.64. The van der Waals surface area contributed by atoms with Gasteiger partial charge in [0.25, 0.3) is 10.1 Å². The Morgan fingerprint density at radius 2 is 2.19 bits per heavy atom. The first kappa shape index (κ1) is 12.4. The zero-order chi connectivity index (χ0) is 12.3. The molecule has 16 heavy (non-hydrogen) atoms. The summed E-state index contributed by atoms with van der Waals surface area (Å²) in [4.78, 5) is 13.7. The monoisotopic (exact) mass is 247 g/mol. The molecule has 88 valence electrons. The van der Waals surface area contributed by atoms with E-state index in [4.69, 9.17) is 14.4 Å². The third-order valence-corrected chi connectivity index (χ3v) is 2.45. The maximum atomic E-state index is 10.8. The molecule has 8 heteroatoms. The molecule has 0 atom stereocenters. The number of ether oxygens (including phenoxy) is 1. The number of hydrogen-bond donors (Lipinski definition) is 2. The lowest BCUT2D eigenvalue weighted by Gasteiger charge is -2.06. The van der Waals surface area contributed by atoms with Crippen molar-refractivity contribution in [1.82, 2.24) is 4.98 Å². The van der Waals surface area contributed by atoms with Crippen LogP contribution in [0.2, 0.25) is 0 Å². The Morgan fingerprint density at radius 1 is 1.56 bits per heavy atom. The summed E-state index contributed by atoms with van der Waals surface area (Å²) < 4.78 is 35.1. The Labute approximate surface area is 91.4 Å². The number of pyridine rings is 1. The molecule has 1 heterocycles. The van der Waals surface area contributed by atoms with Crippen molar-refractivity contribution in [3.05, 3.63) is 17.8 Å². The van der Waals surface area contributed by atoms with E-state index in [1.165, 1.54) is 0 Å². The average molecular weight is 247 g/mol. The van der Waals surface area contributed by atoms with Crippen molar-refractivity contribution in [3.8, 4) is 5.88 Å². The molecular weight excluding hydrogens is 238 g/mol. The first-order valence-electron chi connectivity index (χ1n) is 4.20. The van der Waals surface area contributed by atoms with Crippen LogP contribution < -0.4 is 4.74 Å². The minimum Gasteiger partial charge on any atom is -0.477 e. The van der Waals surface area contributed by atoms with Crippen LogP contribution in [0.1, 0.15) is 17.3 Å². The van der Waals surface area contributed by atoms with E-state index in [-0.39, 0.29) is 12.5 Å². The average Bonchev–Trinajstić information content (AvgIpc) is 2.16. The molecule has 7 nitrogen and oxygen atoms in total. The Hall–Kier alpha value is -1.67. The van der Waals surface area contributed by atoms with Gasteiger partial charge in [0.2, 0.25) is 5.88 Å². The van der Waals surface area contributed by atoms with Crippen LogP contribution in [0.25, 0.3) is 0 Å². The molecular formula is C8H9NO6S. The van der Waals surface area contributed by atoms with Crippen LogP contribution in [0.5, 0.6) is 5.88 Å². The standard InChI is InChI=1S/C8H9NO6S/c1-2-15-7-6(8(10)11)3-5(4-9-7)16(12,13)14/h3-4H,2H2,1H3,(H,10,11)(H,12,13,14). The number of carboxylic acid groups (broad SMARTS) is 1. The van der Waals surface area contributed by atoms with Gasteiger partial charge in [0.1, 0.15) is 10.5 Å². The molecule has 0 aliphatic heterocycles. The van der Waals surface area contributed by atoms with Gasteiger partial charge < -0.3 is 9.84 Å². The van der Waals surface area contributed by atoms with Crippen molar-refractivity contribution in [2.75, 3.05) is 6.61 Å². The number of nitrogens with zero attached hydrogens (tertiary/aromatic N) is 1. The molecule has 0 amide bonds. The van der Waals surface area contributed by atoms with Crippen LogP contribution in [0.4, 0.5) is 0 Å². The quantitative estimate of drug-likeness (QED) is 0.741. The molecule has 0 aromatic carbocycles. The highest BCUT2D eigenvalue weighted by Crippen LogP contribution is 2.19. The Balaban J connectivity index is 3.34. The van der Waals surface area contributed by atoms with Gasteiger partial charge in [-0.15, -0.1) is 0 Å². The molecule has 0 spiro atoms. The highest BCUT2D eigenvalue weighted by atomic mass is 32.2. The summed E-state index contributed by atoms with van der Waals surface area (Å²) in [6.07, 6.45) is 0.826. The SMILES string of the molecule is CCOc1ncc(S(=O)(=O)O)cc1C(=O)O. The maximum absolute atomic E-state index is 10.8. The van der Waals surface area contributed by atoms with Crippen molar-refractivity contribution in [2.45, 2.75) is 11.8 Å². The molecule has 2 N–H and O–H groups in total. The van der Waals surface area contributed by atoms with Crippen molar-refractivity contribution >= 4 is 16.1 Å². The van der Waals surface area contributed by atoms with E-state index in [1.54, 1.807) is 6.92 Å². The fraction of sp³-hybridized carbons (Fsp3) is 0.250. The van der Waals surface area contributed by atoms with E-state index >= 15 is 0 Å².